The Morgan fingerprint density at radius 2 is 1.62 bits per heavy atom. The second-order valence-corrected chi connectivity index (χ2v) is 9.20. The first-order chi connectivity index (χ1) is 13.7. The van der Waals surface area contributed by atoms with Gasteiger partial charge in [0.05, 0.1) is 17.5 Å². The Morgan fingerprint density at radius 3 is 2.17 bits per heavy atom. The van der Waals surface area contributed by atoms with Crippen LogP contribution in [0.5, 0.6) is 0 Å². The Kier molecular flexibility index (Phi) is 6.89. The molecular formula is C19H29N5O4S. The lowest BCUT2D eigenvalue weighted by atomic mass is 10.2. The molecule has 1 atom stereocenters. The smallest absolute Gasteiger partial charge is 0.241 e. The van der Waals surface area contributed by atoms with Crippen LogP contribution in [0.15, 0.2) is 29.2 Å². The number of sulfonamides is 1. The highest BCUT2D eigenvalue weighted by Gasteiger charge is 2.27. The number of benzene rings is 1. The van der Waals surface area contributed by atoms with Crippen molar-refractivity contribution in [2.75, 3.05) is 51.1 Å². The third-order valence-electron chi connectivity index (χ3n) is 5.60. The van der Waals surface area contributed by atoms with Gasteiger partial charge in [-0.05, 0) is 44.0 Å². The van der Waals surface area contributed by atoms with Crippen LogP contribution in [0.1, 0.15) is 19.8 Å². The van der Waals surface area contributed by atoms with Crippen molar-refractivity contribution < 1.29 is 18.0 Å². The van der Waals surface area contributed by atoms with Crippen molar-refractivity contribution in [3.05, 3.63) is 24.3 Å². The van der Waals surface area contributed by atoms with Crippen molar-refractivity contribution in [1.29, 1.82) is 0 Å². The third-order valence-corrected chi connectivity index (χ3v) is 6.53. The number of primary sulfonamides is 1. The highest BCUT2D eigenvalue weighted by atomic mass is 32.2. The molecule has 10 heteroatoms. The predicted molar refractivity (Wildman–Crippen MR) is 110 cm³/mol. The molecule has 2 aliphatic heterocycles. The van der Waals surface area contributed by atoms with Crippen molar-refractivity contribution >= 4 is 27.5 Å². The number of nitrogens with two attached hydrogens (primary N) is 1. The van der Waals surface area contributed by atoms with E-state index in [0.29, 0.717) is 25.3 Å². The summed E-state index contributed by atoms with van der Waals surface area (Å²) in [6.07, 6.45) is 2.19. The lowest BCUT2D eigenvalue weighted by Crippen LogP contribution is -2.54. The summed E-state index contributed by atoms with van der Waals surface area (Å²) in [5.74, 6) is 0.0413. The maximum atomic E-state index is 12.6. The summed E-state index contributed by atoms with van der Waals surface area (Å²) in [5, 5.41) is 7.89. The topological polar surface area (TPSA) is 116 Å². The number of anilines is 1. The van der Waals surface area contributed by atoms with Gasteiger partial charge in [0.25, 0.3) is 0 Å². The molecule has 1 aromatic rings. The van der Waals surface area contributed by atoms with Crippen LogP contribution in [0.2, 0.25) is 0 Å². The second kappa shape index (κ2) is 9.21. The zero-order valence-electron chi connectivity index (χ0n) is 16.7. The Morgan fingerprint density at radius 1 is 1.03 bits per heavy atom. The van der Waals surface area contributed by atoms with E-state index in [-0.39, 0.29) is 22.8 Å². The molecule has 1 aromatic carbocycles. The second-order valence-electron chi connectivity index (χ2n) is 7.63. The monoisotopic (exact) mass is 423 g/mol. The zero-order valence-corrected chi connectivity index (χ0v) is 17.5. The first-order valence-electron chi connectivity index (χ1n) is 9.92. The zero-order chi connectivity index (χ0) is 21.0. The quantitative estimate of drug-likeness (QED) is 0.660. The molecule has 0 aliphatic carbocycles. The number of hydrogen-bond acceptors (Lipinski definition) is 6. The van der Waals surface area contributed by atoms with E-state index in [1.165, 1.54) is 24.3 Å². The summed E-state index contributed by atoms with van der Waals surface area (Å²) >= 11 is 0. The molecule has 29 heavy (non-hydrogen) atoms. The van der Waals surface area contributed by atoms with E-state index in [1.807, 2.05) is 11.8 Å². The number of carbonyl (C=O) groups excluding carboxylic acids is 2. The van der Waals surface area contributed by atoms with E-state index >= 15 is 0 Å². The summed E-state index contributed by atoms with van der Waals surface area (Å²) in [6, 6.07) is 5.44. The Labute approximate surface area is 171 Å². The first kappa shape index (κ1) is 21.7. The van der Waals surface area contributed by atoms with E-state index in [0.717, 1.165) is 39.0 Å². The largest absolute Gasteiger partial charge is 0.342 e. The van der Waals surface area contributed by atoms with Crippen LogP contribution in [0.3, 0.4) is 0 Å². The molecule has 0 radical (unpaired) electrons. The summed E-state index contributed by atoms with van der Waals surface area (Å²) < 4.78 is 22.6. The minimum Gasteiger partial charge on any atom is -0.342 e. The molecule has 2 heterocycles. The van der Waals surface area contributed by atoms with E-state index in [9.17, 15) is 18.0 Å². The van der Waals surface area contributed by atoms with Crippen LogP contribution in [0, 0.1) is 0 Å². The lowest BCUT2D eigenvalue weighted by molar-refractivity contribution is -0.132. The Balaban J connectivity index is 1.46. The number of likely N-dealkylation sites (tertiary alicyclic amines) is 1. The summed E-state index contributed by atoms with van der Waals surface area (Å²) in [6.45, 7) is 6.96. The molecule has 0 spiro atoms. The van der Waals surface area contributed by atoms with Crippen molar-refractivity contribution in [3.63, 3.8) is 0 Å². The molecule has 2 aliphatic rings. The molecule has 160 valence electrons. The van der Waals surface area contributed by atoms with Gasteiger partial charge in [0.1, 0.15) is 0 Å². The Bertz CT molecular complexity index is 829. The van der Waals surface area contributed by atoms with Gasteiger partial charge in [0.15, 0.2) is 0 Å². The number of piperazine rings is 1. The van der Waals surface area contributed by atoms with Crippen molar-refractivity contribution in [2.45, 2.75) is 30.7 Å². The van der Waals surface area contributed by atoms with E-state index in [1.54, 1.807) is 0 Å². The number of rotatable bonds is 6. The van der Waals surface area contributed by atoms with Gasteiger partial charge in [-0.25, -0.2) is 13.6 Å². The minimum absolute atomic E-state index is 0.00291. The normalized spacial score (nSPS) is 19.9. The van der Waals surface area contributed by atoms with Crippen LogP contribution in [0.25, 0.3) is 0 Å². The van der Waals surface area contributed by atoms with Gasteiger partial charge in [0.2, 0.25) is 21.8 Å². The number of nitrogens with zero attached hydrogens (tertiary/aromatic N) is 3. The standard InChI is InChI=1S/C19H29N5O4S/c1-15(19(26)21-16-4-6-17(7-5-16)29(20,27)28)23-12-10-22(11-13-23)14-18(25)24-8-2-3-9-24/h4-7,15H,2-3,8-14H2,1H3,(H,21,26)(H2,20,27,28)/t15-/m1/s1. The molecular weight excluding hydrogens is 394 g/mol. The van der Waals surface area contributed by atoms with Crippen molar-refractivity contribution in [2.24, 2.45) is 5.14 Å². The molecule has 2 amide bonds. The highest BCUT2D eigenvalue weighted by Crippen LogP contribution is 2.15. The summed E-state index contributed by atoms with van der Waals surface area (Å²) in [5.41, 5.74) is 0.518. The fraction of sp³-hybridized carbons (Fsp3) is 0.579. The van der Waals surface area contributed by atoms with Gasteiger partial charge in [-0.15, -0.1) is 0 Å². The third kappa shape index (κ3) is 5.75. The maximum Gasteiger partial charge on any atom is 0.241 e. The van der Waals surface area contributed by atoms with Crippen LogP contribution in [0.4, 0.5) is 5.69 Å². The van der Waals surface area contributed by atoms with Crippen molar-refractivity contribution in [1.82, 2.24) is 14.7 Å². The van der Waals surface area contributed by atoms with Crippen molar-refractivity contribution in [3.8, 4) is 0 Å². The summed E-state index contributed by atoms with van der Waals surface area (Å²) in [7, 11) is -3.75. The maximum absolute atomic E-state index is 12.6. The van der Waals surface area contributed by atoms with Gasteiger partial charge in [-0.2, -0.15) is 0 Å². The van der Waals surface area contributed by atoms with E-state index < -0.39 is 10.0 Å². The van der Waals surface area contributed by atoms with Crippen LogP contribution in [-0.2, 0) is 19.6 Å². The number of hydrogen-bond donors (Lipinski definition) is 2. The SMILES string of the molecule is C[C@H](C(=O)Nc1ccc(S(N)(=O)=O)cc1)N1CCN(CC(=O)N2CCCC2)CC1. The van der Waals surface area contributed by atoms with Gasteiger partial charge < -0.3 is 10.2 Å². The molecule has 2 saturated heterocycles. The van der Waals surface area contributed by atoms with Gasteiger partial charge >= 0.3 is 0 Å². The molecule has 0 unspecified atom stereocenters. The molecule has 0 saturated carbocycles. The summed E-state index contributed by atoms with van der Waals surface area (Å²) in [4.78, 5) is 31.0. The number of nitrogens with one attached hydrogen (secondary N) is 1. The number of carbonyl (C=O) groups is 2. The molecule has 9 nitrogen and oxygen atoms in total. The fourth-order valence-electron chi connectivity index (χ4n) is 3.71. The first-order valence-corrected chi connectivity index (χ1v) is 11.5. The predicted octanol–water partition coefficient (Wildman–Crippen LogP) is -0.0990. The van der Waals surface area contributed by atoms with Crippen LogP contribution >= 0.6 is 0 Å². The highest BCUT2D eigenvalue weighted by molar-refractivity contribution is 7.89. The molecule has 0 bridgehead atoms. The van der Waals surface area contributed by atoms with Crippen LogP contribution < -0.4 is 10.5 Å². The molecule has 3 N–H and O–H groups in total. The minimum atomic E-state index is -3.75. The fourth-order valence-corrected chi connectivity index (χ4v) is 4.22. The Hall–Kier alpha value is -2.01. The lowest BCUT2D eigenvalue weighted by Gasteiger charge is -2.37. The van der Waals surface area contributed by atoms with Gasteiger partial charge in [-0.3, -0.25) is 19.4 Å². The molecule has 3 rings (SSSR count). The average Bonchev–Trinajstić information content (AvgIpc) is 3.23. The number of amides is 2. The van der Waals surface area contributed by atoms with E-state index in [4.69, 9.17) is 5.14 Å². The molecule has 2 fully saturated rings. The molecule has 0 aromatic heterocycles. The van der Waals surface area contributed by atoms with Gasteiger partial charge in [0, 0.05) is 45.0 Å². The van der Waals surface area contributed by atoms with Gasteiger partial charge in [-0.1, -0.05) is 0 Å². The van der Waals surface area contributed by atoms with Crippen LogP contribution in [-0.4, -0.2) is 86.8 Å². The average molecular weight is 424 g/mol. The van der Waals surface area contributed by atoms with E-state index in [2.05, 4.69) is 15.1 Å².